The van der Waals surface area contributed by atoms with Crippen LogP contribution in [0.25, 0.3) is 0 Å². The molecule has 0 aromatic heterocycles. The lowest BCUT2D eigenvalue weighted by Gasteiger charge is -2.36. The van der Waals surface area contributed by atoms with Gasteiger partial charge in [-0.1, -0.05) is 72.8 Å². The Bertz CT molecular complexity index is 874. The van der Waals surface area contributed by atoms with Crippen LogP contribution in [0, 0.1) is 0 Å². The van der Waals surface area contributed by atoms with Crippen molar-refractivity contribution in [1.82, 2.24) is 0 Å². The van der Waals surface area contributed by atoms with E-state index in [9.17, 15) is 4.79 Å². The van der Waals surface area contributed by atoms with Crippen molar-refractivity contribution in [1.29, 1.82) is 0 Å². The van der Waals surface area contributed by atoms with Crippen LogP contribution in [-0.2, 0) is 14.3 Å². The van der Waals surface area contributed by atoms with Crippen LogP contribution in [0.3, 0.4) is 0 Å². The average Bonchev–Trinajstić information content (AvgIpc) is 2.80. The van der Waals surface area contributed by atoms with Gasteiger partial charge in [0.05, 0.1) is 19.0 Å². The molecule has 1 atom stereocenters. The molecule has 0 bridgehead atoms. The lowest BCUT2D eigenvalue weighted by atomic mass is 9.84. The Balaban J connectivity index is 2.17. The molecule has 0 unspecified atom stereocenters. The molecule has 0 spiro atoms. The van der Waals surface area contributed by atoms with E-state index < -0.39 is 16.8 Å². The van der Waals surface area contributed by atoms with E-state index in [2.05, 4.69) is 36.4 Å². The summed E-state index contributed by atoms with van der Waals surface area (Å²) in [4.78, 5) is 11.9. The number of thioether (sulfide) groups is 1. The predicted molar refractivity (Wildman–Crippen MR) is 118 cm³/mol. The lowest BCUT2D eigenvalue weighted by molar-refractivity contribution is -0.141. The van der Waals surface area contributed by atoms with Crippen molar-refractivity contribution in [3.05, 3.63) is 102 Å². The van der Waals surface area contributed by atoms with Gasteiger partial charge in [-0.2, -0.15) is 0 Å². The molecule has 0 saturated carbocycles. The van der Waals surface area contributed by atoms with Gasteiger partial charge in [-0.05, 0) is 28.8 Å². The third-order valence-electron chi connectivity index (χ3n) is 4.84. The van der Waals surface area contributed by atoms with Gasteiger partial charge in [0.25, 0.3) is 0 Å². The summed E-state index contributed by atoms with van der Waals surface area (Å²) in [5, 5.41) is 0. The molecule has 0 fully saturated rings. The number of nitrogens with two attached hydrogens (primary N) is 1. The van der Waals surface area contributed by atoms with Gasteiger partial charge in [0, 0.05) is 5.75 Å². The van der Waals surface area contributed by atoms with Crippen molar-refractivity contribution in [3.63, 3.8) is 0 Å². The number of rotatable bonds is 8. The van der Waals surface area contributed by atoms with Gasteiger partial charge in [-0.15, -0.1) is 11.8 Å². The summed E-state index contributed by atoms with van der Waals surface area (Å²) in [6, 6.07) is 27.8. The summed E-state index contributed by atoms with van der Waals surface area (Å²) in [5.41, 5.74) is 9.40. The van der Waals surface area contributed by atoms with Crippen LogP contribution in [0.15, 0.2) is 84.9 Å². The van der Waals surface area contributed by atoms with E-state index in [0.29, 0.717) is 5.75 Å². The SMILES string of the molecule is COC(=O)[C@@H](N)CSC(c1ccccc1)(c1ccccc1)c1ccc(OC)cc1. The highest BCUT2D eigenvalue weighted by atomic mass is 32.2. The van der Waals surface area contributed by atoms with Crippen LogP contribution in [0.5, 0.6) is 5.75 Å². The van der Waals surface area contributed by atoms with Gasteiger partial charge >= 0.3 is 5.97 Å². The van der Waals surface area contributed by atoms with Gasteiger partial charge in [-0.3, -0.25) is 4.79 Å². The number of hydrogen-bond donors (Lipinski definition) is 1. The maximum absolute atomic E-state index is 11.9. The minimum atomic E-state index is -0.713. The smallest absolute Gasteiger partial charge is 0.323 e. The Hall–Kier alpha value is -2.76. The molecule has 5 heteroatoms. The zero-order chi connectivity index (χ0) is 20.7. The Morgan fingerprint density at radius 3 is 1.79 bits per heavy atom. The average molecular weight is 408 g/mol. The van der Waals surface area contributed by atoms with Gasteiger partial charge in [0.1, 0.15) is 11.8 Å². The number of carbonyl (C=O) groups excluding carboxylic acids is 1. The molecular weight excluding hydrogens is 382 g/mol. The second-order valence-electron chi connectivity index (χ2n) is 6.58. The van der Waals surface area contributed by atoms with Crippen LogP contribution < -0.4 is 10.5 Å². The van der Waals surface area contributed by atoms with Crippen LogP contribution in [0.1, 0.15) is 16.7 Å². The molecule has 29 heavy (non-hydrogen) atoms. The first-order chi connectivity index (χ1) is 14.1. The highest BCUT2D eigenvalue weighted by Crippen LogP contribution is 2.48. The fraction of sp³-hybridized carbons (Fsp3) is 0.208. The molecular formula is C24H25NO3S. The molecule has 0 aliphatic carbocycles. The van der Waals surface area contributed by atoms with E-state index in [-0.39, 0.29) is 0 Å². The fourth-order valence-electron chi connectivity index (χ4n) is 3.36. The summed E-state index contributed by atoms with van der Waals surface area (Å²) in [7, 11) is 3.01. The second kappa shape index (κ2) is 9.63. The maximum Gasteiger partial charge on any atom is 0.323 e. The van der Waals surface area contributed by atoms with Crippen LogP contribution >= 0.6 is 11.8 Å². The monoisotopic (exact) mass is 407 g/mol. The van der Waals surface area contributed by atoms with Crippen molar-refractivity contribution < 1.29 is 14.3 Å². The molecule has 150 valence electrons. The number of ether oxygens (including phenoxy) is 2. The summed E-state index contributed by atoms with van der Waals surface area (Å²) in [6.07, 6.45) is 0. The predicted octanol–water partition coefficient (Wildman–Crippen LogP) is 4.22. The molecule has 3 aromatic carbocycles. The highest BCUT2D eigenvalue weighted by molar-refractivity contribution is 8.00. The molecule has 0 saturated heterocycles. The number of esters is 1. The number of benzene rings is 3. The topological polar surface area (TPSA) is 61.5 Å². The summed E-state index contributed by atoms with van der Waals surface area (Å²) in [6.45, 7) is 0. The Morgan fingerprint density at radius 2 is 1.34 bits per heavy atom. The van der Waals surface area contributed by atoms with Crippen molar-refractivity contribution in [3.8, 4) is 5.75 Å². The van der Waals surface area contributed by atoms with E-state index in [1.54, 1.807) is 18.9 Å². The van der Waals surface area contributed by atoms with Crippen molar-refractivity contribution in [2.45, 2.75) is 10.8 Å². The van der Waals surface area contributed by atoms with Gasteiger partial charge in [0.15, 0.2) is 0 Å². The van der Waals surface area contributed by atoms with Gasteiger partial charge < -0.3 is 15.2 Å². The second-order valence-corrected chi connectivity index (χ2v) is 7.82. The Kier molecular flexibility index (Phi) is 6.96. The van der Waals surface area contributed by atoms with Crippen LogP contribution in [0.4, 0.5) is 0 Å². The molecule has 2 N–H and O–H groups in total. The molecule has 0 heterocycles. The van der Waals surface area contributed by atoms with E-state index >= 15 is 0 Å². The number of methoxy groups -OCH3 is 2. The largest absolute Gasteiger partial charge is 0.497 e. The zero-order valence-electron chi connectivity index (χ0n) is 16.6. The third kappa shape index (κ3) is 4.47. The fourth-order valence-corrected chi connectivity index (χ4v) is 4.83. The maximum atomic E-state index is 11.9. The minimum Gasteiger partial charge on any atom is -0.497 e. The summed E-state index contributed by atoms with van der Waals surface area (Å²) in [5.74, 6) is 0.782. The standard InChI is InChI=1S/C24H25NO3S/c1-27-21-15-13-20(14-16-21)24(18-9-5-3-6-10-18,19-11-7-4-8-12-19)29-17-22(25)23(26)28-2/h3-16,22H,17,25H2,1-2H3/t22-/m0/s1. The van der Waals surface area contributed by atoms with Crippen molar-refractivity contribution in [2.75, 3.05) is 20.0 Å². The van der Waals surface area contributed by atoms with E-state index in [0.717, 1.165) is 22.4 Å². The summed E-state index contributed by atoms with van der Waals surface area (Å²) >= 11 is 1.63. The highest BCUT2D eigenvalue weighted by Gasteiger charge is 2.38. The molecule has 3 aromatic rings. The van der Waals surface area contributed by atoms with E-state index in [1.165, 1.54) is 7.11 Å². The van der Waals surface area contributed by atoms with Crippen molar-refractivity contribution in [2.24, 2.45) is 5.73 Å². The molecule has 3 rings (SSSR count). The molecule has 0 radical (unpaired) electrons. The van der Waals surface area contributed by atoms with Crippen LogP contribution in [-0.4, -0.2) is 32.0 Å². The van der Waals surface area contributed by atoms with Crippen LogP contribution in [0.2, 0.25) is 0 Å². The van der Waals surface area contributed by atoms with E-state index in [1.807, 2.05) is 48.5 Å². The van der Waals surface area contributed by atoms with Crippen molar-refractivity contribution >= 4 is 17.7 Å². The Labute approximate surface area is 176 Å². The van der Waals surface area contributed by atoms with E-state index in [4.69, 9.17) is 15.2 Å². The molecule has 4 nitrogen and oxygen atoms in total. The number of hydrogen-bond acceptors (Lipinski definition) is 5. The minimum absolute atomic E-state index is 0.405. The lowest BCUT2D eigenvalue weighted by Crippen LogP contribution is -2.36. The molecule has 0 amide bonds. The van der Waals surface area contributed by atoms with Gasteiger partial charge in [0.2, 0.25) is 0 Å². The van der Waals surface area contributed by atoms with Gasteiger partial charge in [-0.25, -0.2) is 0 Å². The zero-order valence-corrected chi connectivity index (χ0v) is 17.4. The number of carbonyl (C=O) groups is 1. The summed E-state index contributed by atoms with van der Waals surface area (Å²) < 4.78 is 9.64. The third-order valence-corrected chi connectivity index (χ3v) is 6.51. The molecule has 0 aliphatic heterocycles. The molecule has 0 aliphatic rings. The quantitative estimate of drug-likeness (QED) is 0.447. The first-order valence-electron chi connectivity index (χ1n) is 9.34. The Morgan fingerprint density at radius 1 is 0.862 bits per heavy atom. The first kappa shape index (κ1) is 21.0. The normalized spacial score (nSPS) is 12.2. The first-order valence-corrected chi connectivity index (χ1v) is 10.3.